The Kier molecular flexibility index (Phi) is 11.4. The van der Waals surface area contributed by atoms with Crippen molar-refractivity contribution >= 4 is 22.1 Å². The van der Waals surface area contributed by atoms with Crippen LogP contribution < -0.4 is 29.6 Å². The Bertz CT molecular complexity index is 60.5. The maximum atomic E-state index is 10.5. The molecule has 0 saturated carbocycles. The van der Waals surface area contributed by atoms with Crippen LogP contribution in [0.15, 0.2) is 0 Å². The average molecular weight is 175 g/mol. The third-order valence-electron chi connectivity index (χ3n) is 0.916. The average Bonchev–Trinajstić information content (AvgIpc) is 1.69. The van der Waals surface area contributed by atoms with Gasteiger partial charge in [0.25, 0.3) is 0 Å². The Morgan fingerprint density at radius 2 is 1.78 bits per heavy atom. The summed E-state index contributed by atoms with van der Waals surface area (Å²) in [5.41, 5.74) is 0. The quantitative estimate of drug-likeness (QED) is 0.205. The van der Waals surface area contributed by atoms with Gasteiger partial charge in [-0.15, -0.1) is 14.7 Å². The molecule has 0 fully saturated rings. The van der Waals surface area contributed by atoms with E-state index in [2.05, 4.69) is 11.7 Å². The molecule has 0 aliphatic heterocycles. The zero-order valence-electron chi connectivity index (χ0n) is 6.09. The molecule has 0 aromatic heterocycles. The van der Waals surface area contributed by atoms with Gasteiger partial charge in [0.1, 0.15) is 0 Å². The van der Waals surface area contributed by atoms with E-state index in [1.54, 1.807) is 4.31 Å². The van der Waals surface area contributed by atoms with Crippen molar-refractivity contribution in [2.45, 2.75) is 13.8 Å². The minimum Gasteiger partial charge on any atom is -0.617 e. The van der Waals surface area contributed by atoms with Crippen LogP contribution in [0.5, 0.6) is 0 Å². The van der Waals surface area contributed by atoms with E-state index >= 15 is 0 Å². The van der Waals surface area contributed by atoms with Crippen molar-refractivity contribution in [1.29, 1.82) is 0 Å². The summed E-state index contributed by atoms with van der Waals surface area (Å²) in [7, 11) is -1.19. The van der Waals surface area contributed by atoms with Crippen molar-refractivity contribution in [2.24, 2.45) is 0 Å². The normalized spacial score (nSPS) is 13.0. The zero-order valence-corrected chi connectivity index (χ0v) is 9.72. The maximum absolute atomic E-state index is 10.5. The fourth-order valence-corrected chi connectivity index (χ4v) is 1.49. The molecular weight excluding hydrogens is 165 g/mol. The van der Waals surface area contributed by atoms with Crippen LogP contribution in [-0.4, -0.2) is 21.9 Å². The Morgan fingerprint density at radius 1 is 1.44 bits per heavy atom. The molecule has 0 aromatic carbocycles. The van der Waals surface area contributed by atoms with Gasteiger partial charge in [0, 0.05) is 13.1 Å². The first-order chi connectivity index (χ1) is 3.72. The standard InChI is InChI=1S/C4H11NOS2.Na/c1-3-5(4-2)8(6)7;/h3-4H2,1-2H3,(H,6,7);/q;+1/p-1. The molecule has 0 aromatic rings. The third kappa shape index (κ3) is 6.04. The largest absolute Gasteiger partial charge is 1.00 e. The van der Waals surface area contributed by atoms with Crippen LogP contribution in [0.4, 0.5) is 0 Å². The summed E-state index contributed by atoms with van der Waals surface area (Å²) in [6, 6.07) is 0. The predicted octanol–water partition coefficient (Wildman–Crippen LogP) is -2.54. The van der Waals surface area contributed by atoms with Gasteiger partial charge in [-0.1, -0.05) is 0 Å². The molecule has 0 bridgehead atoms. The van der Waals surface area contributed by atoms with Crippen LogP contribution in [0.25, 0.3) is 0 Å². The molecule has 2 nitrogen and oxygen atoms in total. The van der Waals surface area contributed by atoms with E-state index in [1.807, 2.05) is 13.8 Å². The molecule has 1 unspecified atom stereocenters. The second-order valence-corrected chi connectivity index (χ2v) is 3.14. The molecule has 0 spiro atoms. The SMILES string of the molecule is CCN(CC)[S+]([O-])[S-].[Na+]. The van der Waals surface area contributed by atoms with Crippen LogP contribution in [0.1, 0.15) is 13.8 Å². The van der Waals surface area contributed by atoms with Crippen LogP contribution in [0.3, 0.4) is 0 Å². The van der Waals surface area contributed by atoms with Gasteiger partial charge in [-0.3, -0.25) is 0 Å². The van der Waals surface area contributed by atoms with E-state index in [0.29, 0.717) is 0 Å². The van der Waals surface area contributed by atoms with Gasteiger partial charge in [-0.05, 0) is 13.8 Å². The molecule has 0 saturated heterocycles. The molecule has 0 aliphatic rings. The topological polar surface area (TPSA) is 26.3 Å². The van der Waals surface area contributed by atoms with Crippen molar-refractivity contribution in [1.82, 2.24) is 4.31 Å². The Hall–Kier alpha value is 1.62. The van der Waals surface area contributed by atoms with E-state index in [4.69, 9.17) is 0 Å². The molecule has 0 heterocycles. The van der Waals surface area contributed by atoms with Crippen molar-refractivity contribution in [2.75, 3.05) is 13.1 Å². The van der Waals surface area contributed by atoms with Crippen molar-refractivity contribution in [3.63, 3.8) is 0 Å². The van der Waals surface area contributed by atoms with Gasteiger partial charge in [0.2, 0.25) is 0 Å². The molecule has 0 aliphatic carbocycles. The molecular formula is C4H10NNaOS2. The predicted molar refractivity (Wildman–Crippen MR) is 38.4 cm³/mol. The summed E-state index contributed by atoms with van der Waals surface area (Å²) in [6.07, 6.45) is 0. The second-order valence-electron chi connectivity index (χ2n) is 1.33. The van der Waals surface area contributed by atoms with Crippen LogP contribution in [0.2, 0.25) is 0 Å². The molecule has 0 rings (SSSR count). The van der Waals surface area contributed by atoms with Crippen LogP contribution in [0, 0.1) is 0 Å². The summed E-state index contributed by atoms with van der Waals surface area (Å²) in [4.78, 5) is 0. The molecule has 0 amide bonds. The number of nitrogens with zero attached hydrogens (tertiary/aromatic N) is 1. The first-order valence-corrected chi connectivity index (χ1v) is 4.59. The Labute approximate surface area is 86.8 Å². The van der Waals surface area contributed by atoms with Gasteiger partial charge in [0.15, 0.2) is 0 Å². The summed E-state index contributed by atoms with van der Waals surface area (Å²) >= 11 is 4.50. The van der Waals surface area contributed by atoms with Crippen LogP contribution in [-0.2, 0) is 22.1 Å². The fraction of sp³-hybridized carbons (Fsp3) is 1.00. The zero-order chi connectivity index (χ0) is 6.57. The summed E-state index contributed by atoms with van der Waals surface area (Å²) in [5, 5.41) is 0. The molecule has 1 atom stereocenters. The van der Waals surface area contributed by atoms with E-state index in [0.717, 1.165) is 13.1 Å². The summed E-state index contributed by atoms with van der Waals surface area (Å²) in [5.74, 6) is 0. The van der Waals surface area contributed by atoms with Gasteiger partial charge in [-0.25, -0.2) is 0 Å². The van der Waals surface area contributed by atoms with Crippen molar-refractivity contribution in [3.8, 4) is 0 Å². The number of hydrogen-bond donors (Lipinski definition) is 0. The maximum Gasteiger partial charge on any atom is 1.00 e. The minimum atomic E-state index is -1.19. The minimum absolute atomic E-state index is 0. The molecule has 0 N–H and O–H groups in total. The van der Waals surface area contributed by atoms with E-state index in [1.165, 1.54) is 0 Å². The van der Waals surface area contributed by atoms with Crippen molar-refractivity contribution in [3.05, 3.63) is 0 Å². The van der Waals surface area contributed by atoms with Gasteiger partial charge >= 0.3 is 29.6 Å². The summed E-state index contributed by atoms with van der Waals surface area (Å²) in [6.45, 7) is 5.42. The first kappa shape index (κ1) is 13.2. The molecule has 5 heteroatoms. The fourth-order valence-electron chi connectivity index (χ4n) is 0.434. The monoisotopic (exact) mass is 175 g/mol. The Balaban J connectivity index is 0. The van der Waals surface area contributed by atoms with E-state index in [9.17, 15) is 4.55 Å². The van der Waals surface area contributed by atoms with Crippen LogP contribution >= 0.6 is 0 Å². The van der Waals surface area contributed by atoms with Gasteiger partial charge < -0.3 is 16.2 Å². The van der Waals surface area contributed by atoms with Gasteiger partial charge in [0.05, 0.1) is 0 Å². The third-order valence-corrected chi connectivity index (χ3v) is 2.49. The molecule has 0 radical (unpaired) electrons. The molecule has 50 valence electrons. The first-order valence-electron chi connectivity index (χ1n) is 2.56. The Morgan fingerprint density at radius 3 is 1.78 bits per heavy atom. The summed E-state index contributed by atoms with van der Waals surface area (Å²) < 4.78 is 12.2. The van der Waals surface area contributed by atoms with Crippen molar-refractivity contribution < 1.29 is 34.1 Å². The van der Waals surface area contributed by atoms with E-state index in [-0.39, 0.29) is 29.6 Å². The molecule has 9 heavy (non-hydrogen) atoms. The second kappa shape index (κ2) is 7.72. The number of hydrogen-bond acceptors (Lipinski definition) is 3. The van der Waals surface area contributed by atoms with Gasteiger partial charge in [-0.2, -0.15) is 0 Å². The smallest absolute Gasteiger partial charge is 0.617 e. The number of rotatable bonds is 3. The van der Waals surface area contributed by atoms with E-state index < -0.39 is 10.4 Å².